The summed E-state index contributed by atoms with van der Waals surface area (Å²) >= 11 is 0. The number of aliphatic hydroxyl groups excluding tert-OH is 1. The molecule has 184 valence electrons. The molecule has 1 saturated heterocycles. The number of fused-ring (bicyclic) bond motifs is 3. The fourth-order valence-corrected chi connectivity index (χ4v) is 5.40. The van der Waals surface area contributed by atoms with Gasteiger partial charge in [-0.15, -0.1) is 0 Å². The van der Waals surface area contributed by atoms with E-state index in [9.17, 15) is 22.7 Å². The van der Waals surface area contributed by atoms with Gasteiger partial charge in [-0.3, -0.25) is 9.52 Å². The number of rotatable bonds is 9. The summed E-state index contributed by atoms with van der Waals surface area (Å²) < 4.78 is 58.0. The van der Waals surface area contributed by atoms with Gasteiger partial charge in [0, 0.05) is 30.8 Å². The second-order valence-corrected chi connectivity index (χ2v) is 9.95. The van der Waals surface area contributed by atoms with Gasteiger partial charge in [-0.1, -0.05) is 0 Å². The zero-order chi connectivity index (χ0) is 24.3. The molecular weight excluding hydrogens is 467 g/mol. The average molecular weight is 495 g/mol. The summed E-state index contributed by atoms with van der Waals surface area (Å²) in [6.07, 6.45) is -0.913. The Morgan fingerprint density at radius 2 is 2.00 bits per heavy atom. The summed E-state index contributed by atoms with van der Waals surface area (Å²) in [5.74, 6) is -0.323. The molecule has 2 aliphatic rings. The van der Waals surface area contributed by atoms with Crippen molar-refractivity contribution < 1.29 is 36.9 Å². The van der Waals surface area contributed by atoms with Crippen LogP contribution >= 0.6 is 0 Å². The quantitative estimate of drug-likeness (QED) is 0.454. The number of halogens is 1. The van der Waals surface area contributed by atoms with Gasteiger partial charge in [0.25, 0.3) is 10.0 Å². The van der Waals surface area contributed by atoms with Gasteiger partial charge in [-0.2, -0.15) is 0 Å². The smallest absolute Gasteiger partial charge is 0.261 e. The molecular formula is C23H27FN2O7S. The van der Waals surface area contributed by atoms with Crippen LogP contribution in [0.1, 0.15) is 24.3 Å². The summed E-state index contributed by atoms with van der Waals surface area (Å²) in [7, 11) is -2.37. The molecule has 2 aromatic carbocycles. The van der Waals surface area contributed by atoms with Gasteiger partial charge in [0.15, 0.2) is 0 Å². The van der Waals surface area contributed by atoms with Crippen molar-refractivity contribution in [1.29, 1.82) is 0 Å². The number of nitrogens with one attached hydrogen (secondary N) is 2. The molecule has 0 aliphatic carbocycles. The van der Waals surface area contributed by atoms with Gasteiger partial charge in [0.2, 0.25) is 5.91 Å². The minimum Gasteiger partial charge on any atom is -0.487 e. The molecule has 9 nitrogen and oxygen atoms in total. The molecule has 0 saturated carbocycles. The highest BCUT2D eigenvalue weighted by atomic mass is 32.2. The first-order valence-electron chi connectivity index (χ1n) is 10.9. The van der Waals surface area contributed by atoms with E-state index in [4.69, 9.17) is 14.2 Å². The van der Waals surface area contributed by atoms with Gasteiger partial charge >= 0.3 is 0 Å². The Hall–Kier alpha value is -2.73. The molecule has 4 rings (SSSR count). The Labute approximate surface area is 197 Å². The number of sulfonamides is 1. The average Bonchev–Trinajstić information content (AvgIpc) is 3.17. The Bertz CT molecular complexity index is 1130. The maximum absolute atomic E-state index is 13.2. The molecule has 4 atom stereocenters. The zero-order valence-electron chi connectivity index (χ0n) is 18.6. The normalized spacial score (nSPS) is 23.5. The van der Waals surface area contributed by atoms with E-state index >= 15 is 0 Å². The lowest BCUT2D eigenvalue weighted by Crippen LogP contribution is -2.47. The summed E-state index contributed by atoms with van der Waals surface area (Å²) in [5.41, 5.74) is 1.10. The molecule has 0 aromatic heterocycles. The molecule has 0 spiro atoms. The van der Waals surface area contributed by atoms with Gasteiger partial charge in [0.1, 0.15) is 23.8 Å². The van der Waals surface area contributed by atoms with E-state index in [2.05, 4.69) is 10.0 Å². The number of aliphatic hydroxyl groups is 1. The Morgan fingerprint density at radius 1 is 1.24 bits per heavy atom. The van der Waals surface area contributed by atoms with E-state index in [0.29, 0.717) is 31.0 Å². The van der Waals surface area contributed by atoms with Crippen molar-refractivity contribution in [3.05, 3.63) is 53.8 Å². The van der Waals surface area contributed by atoms with Crippen LogP contribution in [-0.4, -0.2) is 64.6 Å². The lowest BCUT2D eigenvalue weighted by Gasteiger charge is -2.37. The maximum Gasteiger partial charge on any atom is 0.261 e. The van der Waals surface area contributed by atoms with Crippen molar-refractivity contribution in [3.8, 4) is 5.75 Å². The van der Waals surface area contributed by atoms with Gasteiger partial charge in [-0.25, -0.2) is 12.8 Å². The third kappa shape index (κ3) is 5.33. The van der Waals surface area contributed by atoms with E-state index in [1.807, 2.05) is 0 Å². The van der Waals surface area contributed by atoms with E-state index in [1.54, 1.807) is 25.3 Å². The number of methoxy groups -OCH3 is 1. The number of hydrogen-bond acceptors (Lipinski definition) is 7. The summed E-state index contributed by atoms with van der Waals surface area (Å²) in [6.45, 7) is 0.515. The van der Waals surface area contributed by atoms with Gasteiger partial charge in [0.05, 0.1) is 30.6 Å². The lowest BCUT2D eigenvalue weighted by molar-refractivity contribution is -0.142. The molecule has 0 unspecified atom stereocenters. The lowest BCUT2D eigenvalue weighted by atomic mass is 9.84. The molecule has 2 aliphatic heterocycles. The summed E-state index contributed by atoms with van der Waals surface area (Å²) in [4.78, 5) is 12.2. The summed E-state index contributed by atoms with van der Waals surface area (Å²) in [6, 6.07) is 9.48. The van der Waals surface area contributed by atoms with Crippen LogP contribution in [0, 0.1) is 5.82 Å². The first-order chi connectivity index (χ1) is 16.3. The fraction of sp³-hybridized carbons (Fsp3) is 0.435. The van der Waals surface area contributed by atoms with Crippen LogP contribution in [0.3, 0.4) is 0 Å². The largest absolute Gasteiger partial charge is 0.487 e. The zero-order valence-corrected chi connectivity index (χ0v) is 19.4. The minimum absolute atomic E-state index is 0.0607. The minimum atomic E-state index is -3.92. The van der Waals surface area contributed by atoms with E-state index in [1.165, 1.54) is 12.1 Å². The third-order valence-corrected chi connectivity index (χ3v) is 7.31. The molecule has 1 fully saturated rings. The van der Waals surface area contributed by atoms with Crippen LogP contribution < -0.4 is 14.8 Å². The number of anilines is 1. The molecule has 11 heteroatoms. The van der Waals surface area contributed by atoms with Crippen molar-refractivity contribution in [2.75, 3.05) is 31.6 Å². The number of benzene rings is 2. The third-order valence-electron chi connectivity index (χ3n) is 5.92. The Morgan fingerprint density at radius 3 is 2.71 bits per heavy atom. The number of hydrogen-bond donors (Lipinski definition) is 3. The highest BCUT2D eigenvalue weighted by Gasteiger charge is 2.46. The van der Waals surface area contributed by atoms with Crippen LogP contribution in [0.15, 0.2) is 47.4 Å². The molecule has 0 radical (unpaired) electrons. The Kier molecular flexibility index (Phi) is 7.36. The Balaban J connectivity index is 1.51. The van der Waals surface area contributed by atoms with Crippen molar-refractivity contribution in [2.45, 2.75) is 42.0 Å². The van der Waals surface area contributed by atoms with Crippen LogP contribution in [0.5, 0.6) is 5.75 Å². The predicted octanol–water partition coefficient (Wildman–Crippen LogP) is 1.77. The number of amides is 1. The first-order valence-corrected chi connectivity index (χ1v) is 12.4. The number of carbonyl (C=O) groups excluding carboxylic acids is 1. The molecule has 0 bridgehead atoms. The number of ether oxygens (including phenoxy) is 3. The van der Waals surface area contributed by atoms with Crippen molar-refractivity contribution in [2.24, 2.45) is 0 Å². The second kappa shape index (κ2) is 10.3. The fourth-order valence-electron chi connectivity index (χ4n) is 4.35. The van der Waals surface area contributed by atoms with Crippen LogP contribution in [0.2, 0.25) is 0 Å². The second-order valence-electron chi connectivity index (χ2n) is 8.26. The highest BCUT2D eigenvalue weighted by molar-refractivity contribution is 7.92. The molecule has 34 heavy (non-hydrogen) atoms. The SMILES string of the molecule is COCCNC(=O)C[C@H]1C[C@H]2c3cc(NS(=O)(=O)c4ccc(F)cc4)ccc3O[C@H]2[C@@H](CO)O1. The van der Waals surface area contributed by atoms with E-state index < -0.39 is 34.2 Å². The standard InChI is InChI=1S/C23H27FN2O7S/c1-31-9-8-25-22(28)12-16-11-19-18-10-15(4-7-20(18)33-23(19)21(13-27)32-16)26-34(29,30)17-5-2-14(24)3-6-17/h2-7,10,16,19,21,23,26-27H,8-9,11-13H2,1H3,(H,25,28)/t16-,19+,21-,23-/m1/s1. The van der Waals surface area contributed by atoms with Gasteiger partial charge < -0.3 is 24.6 Å². The number of carbonyl (C=O) groups is 1. The van der Waals surface area contributed by atoms with Crippen LogP contribution in [0.25, 0.3) is 0 Å². The molecule has 1 amide bonds. The van der Waals surface area contributed by atoms with Gasteiger partial charge in [-0.05, 0) is 48.9 Å². The van der Waals surface area contributed by atoms with Crippen LogP contribution in [0.4, 0.5) is 10.1 Å². The van der Waals surface area contributed by atoms with Crippen LogP contribution in [-0.2, 0) is 24.3 Å². The summed E-state index contributed by atoms with van der Waals surface area (Å²) in [5, 5.41) is 12.6. The topological polar surface area (TPSA) is 123 Å². The first kappa shape index (κ1) is 24.4. The molecule has 3 N–H and O–H groups in total. The van der Waals surface area contributed by atoms with E-state index in [-0.39, 0.29) is 29.7 Å². The monoisotopic (exact) mass is 494 g/mol. The predicted molar refractivity (Wildman–Crippen MR) is 121 cm³/mol. The molecule has 2 heterocycles. The van der Waals surface area contributed by atoms with Crippen molar-refractivity contribution in [3.63, 3.8) is 0 Å². The van der Waals surface area contributed by atoms with E-state index in [0.717, 1.165) is 17.7 Å². The van der Waals surface area contributed by atoms with Crippen molar-refractivity contribution >= 4 is 21.6 Å². The maximum atomic E-state index is 13.2. The highest BCUT2D eigenvalue weighted by Crippen LogP contribution is 2.47. The van der Waals surface area contributed by atoms with Crippen molar-refractivity contribution in [1.82, 2.24) is 5.32 Å². The molecule has 2 aromatic rings.